The number of aromatic amines is 1. The molecule has 1 aromatic carbocycles. The summed E-state index contributed by atoms with van der Waals surface area (Å²) >= 11 is 0. The van der Waals surface area contributed by atoms with E-state index in [9.17, 15) is 14.0 Å². The van der Waals surface area contributed by atoms with E-state index in [4.69, 9.17) is 0 Å². The van der Waals surface area contributed by atoms with Gasteiger partial charge in [0.05, 0.1) is 5.56 Å². The van der Waals surface area contributed by atoms with Crippen LogP contribution in [0.15, 0.2) is 60.3 Å². The standard InChI is InChI=1S/C24H21FN4O2/c1-13-2-4-17(10-21(13)25)29-23(30)16-9-19-20(12-28-22(19)27-11-16)14-3-5-18-15(8-14)6-7-26-24(18)31/h3-5,8-13H,2,6-7H2,1H3,(H,26,31)(H,27,28)(H,29,30). The van der Waals surface area contributed by atoms with Crippen LogP contribution in [0, 0.1) is 5.92 Å². The fraction of sp³-hybridized carbons (Fsp3) is 0.208. The highest BCUT2D eigenvalue weighted by atomic mass is 19.1. The van der Waals surface area contributed by atoms with Crippen LogP contribution in [0.1, 0.15) is 39.6 Å². The van der Waals surface area contributed by atoms with Crippen molar-refractivity contribution in [2.45, 2.75) is 19.8 Å². The van der Waals surface area contributed by atoms with Gasteiger partial charge in [-0.25, -0.2) is 9.37 Å². The maximum absolute atomic E-state index is 13.9. The van der Waals surface area contributed by atoms with Gasteiger partial charge in [-0.2, -0.15) is 0 Å². The molecule has 1 aliphatic heterocycles. The minimum atomic E-state index is -0.339. The van der Waals surface area contributed by atoms with E-state index in [-0.39, 0.29) is 23.6 Å². The molecule has 7 heteroatoms. The van der Waals surface area contributed by atoms with Gasteiger partial charge in [-0.1, -0.05) is 25.1 Å². The first-order chi connectivity index (χ1) is 15.0. The molecule has 0 radical (unpaired) electrons. The first kappa shape index (κ1) is 19.2. The highest BCUT2D eigenvalue weighted by Crippen LogP contribution is 2.31. The van der Waals surface area contributed by atoms with Crippen LogP contribution in [-0.2, 0) is 6.42 Å². The van der Waals surface area contributed by atoms with E-state index in [0.717, 1.165) is 28.5 Å². The Hall–Kier alpha value is -3.74. The van der Waals surface area contributed by atoms with Crippen LogP contribution in [0.3, 0.4) is 0 Å². The Morgan fingerprint density at radius 1 is 1.26 bits per heavy atom. The third-order valence-electron chi connectivity index (χ3n) is 5.85. The molecule has 6 nitrogen and oxygen atoms in total. The van der Waals surface area contributed by atoms with Crippen molar-refractivity contribution >= 4 is 22.8 Å². The zero-order valence-corrected chi connectivity index (χ0v) is 17.0. The first-order valence-electron chi connectivity index (χ1n) is 10.3. The lowest BCUT2D eigenvalue weighted by molar-refractivity contribution is 0.0943. The Morgan fingerprint density at radius 3 is 2.97 bits per heavy atom. The van der Waals surface area contributed by atoms with Crippen molar-refractivity contribution in [3.8, 4) is 11.1 Å². The molecule has 2 aromatic heterocycles. The molecule has 0 spiro atoms. The molecule has 0 saturated heterocycles. The highest BCUT2D eigenvalue weighted by molar-refractivity contribution is 6.02. The molecule has 1 aliphatic carbocycles. The Morgan fingerprint density at radius 2 is 2.13 bits per heavy atom. The van der Waals surface area contributed by atoms with Crippen molar-refractivity contribution in [2.24, 2.45) is 5.92 Å². The summed E-state index contributed by atoms with van der Waals surface area (Å²) in [7, 11) is 0. The van der Waals surface area contributed by atoms with Gasteiger partial charge in [0.2, 0.25) is 0 Å². The molecule has 3 N–H and O–H groups in total. The van der Waals surface area contributed by atoms with Crippen molar-refractivity contribution in [1.82, 2.24) is 20.6 Å². The van der Waals surface area contributed by atoms with E-state index in [1.165, 1.54) is 12.3 Å². The second kappa shape index (κ2) is 7.50. The fourth-order valence-corrected chi connectivity index (χ4v) is 4.02. The molecular weight excluding hydrogens is 395 g/mol. The number of carbonyl (C=O) groups excluding carboxylic acids is 2. The smallest absolute Gasteiger partial charge is 0.257 e. The minimum absolute atomic E-state index is 0.0516. The summed E-state index contributed by atoms with van der Waals surface area (Å²) in [5.41, 5.74) is 5.07. The molecule has 1 unspecified atom stereocenters. The zero-order valence-electron chi connectivity index (χ0n) is 17.0. The van der Waals surface area contributed by atoms with E-state index >= 15 is 0 Å². The van der Waals surface area contributed by atoms with Crippen LogP contribution >= 0.6 is 0 Å². The average molecular weight is 416 g/mol. The van der Waals surface area contributed by atoms with Gasteiger partial charge < -0.3 is 15.6 Å². The number of fused-ring (bicyclic) bond motifs is 2. The van der Waals surface area contributed by atoms with Gasteiger partial charge in [0.15, 0.2) is 0 Å². The molecule has 1 atom stereocenters. The summed E-state index contributed by atoms with van der Waals surface area (Å²) in [4.78, 5) is 32.3. The molecule has 2 aliphatic rings. The summed E-state index contributed by atoms with van der Waals surface area (Å²) in [6, 6.07) is 7.53. The molecule has 0 fully saturated rings. The van der Waals surface area contributed by atoms with Crippen molar-refractivity contribution in [2.75, 3.05) is 6.54 Å². The average Bonchev–Trinajstić information content (AvgIpc) is 3.19. The van der Waals surface area contributed by atoms with Crippen LogP contribution in [0.2, 0.25) is 0 Å². The number of nitrogens with zero attached hydrogens (tertiary/aromatic N) is 1. The Kier molecular flexibility index (Phi) is 4.66. The second-order valence-corrected chi connectivity index (χ2v) is 7.98. The number of hydrogen-bond donors (Lipinski definition) is 3. The topological polar surface area (TPSA) is 86.9 Å². The Labute approximate surface area is 178 Å². The summed E-state index contributed by atoms with van der Waals surface area (Å²) in [6.07, 6.45) is 7.87. The van der Waals surface area contributed by atoms with Gasteiger partial charge in [0, 0.05) is 47.1 Å². The van der Waals surface area contributed by atoms with Crippen molar-refractivity contribution in [3.63, 3.8) is 0 Å². The first-order valence-corrected chi connectivity index (χ1v) is 10.3. The van der Waals surface area contributed by atoms with Gasteiger partial charge in [-0.3, -0.25) is 9.59 Å². The number of rotatable bonds is 3. The van der Waals surface area contributed by atoms with E-state index < -0.39 is 0 Å². The highest BCUT2D eigenvalue weighted by Gasteiger charge is 2.19. The van der Waals surface area contributed by atoms with E-state index in [1.54, 1.807) is 13.0 Å². The lowest BCUT2D eigenvalue weighted by Gasteiger charge is -2.17. The quantitative estimate of drug-likeness (QED) is 0.603. The monoisotopic (exact) mass is 416 g/mol. The van der Waals surface area contributed by atoms with Gasteiger partial charge in [-0.15, -0.1) is 0 Å². The van der Waals surface area contributed by atoms with Crippen molar-refractivity contribution in [3.05, 3.63) is 77.0 Å². The second-order valence-electron chi connectivity index (χ2n) is 7.98. The normalized spacial score (nSPS) is 18.1. The number of nitrogens with one attached hydrogen (secondary N) is 3. The summed E-state index contributed by atoms with van der Waals surface area (Å²) < 4.78 is 13.9. The van der Waals surface area contributed by atoms with Gasteiger partial charge >= 0.3 is 0 Å². The third-order valence-corrected chi connectivity index (χ3v) is 5.85. The number of halogens is 1. The van der Waals surface area contributed by atoms with Gasteiger partial charge in [0.1, 0.15) is 11.5 Å². The lowest BCUT2D eigenvalue weighted by atomic mass is 9.95. The predicted octanol–water partition coefficient (Wildman–Crippen LogP) is 4.02. The molecular formula is C24H21FN4O2. The number of allylic oxidation sites excluding steroid dienone is 3. The predicted molar refractivity (Wildman–Crippen MR) is 116 cm³/mol. The van der Waals surface area contributed by atoms with Crippen molar-refractivity contribution < 1.29 is 14.0 Å². The van der Waals surface area contributed by atoms with E-state index in [1.807, 2.05) is 30.5 Å². The van der Waals surface area contributed by atoms with Crippen LogP contribution < -0.4 is 10.6 Å². The van der Waals surface area contributed by atoms with Crippen LogP contribution in [0.4, 0.5) is 4.39 Å². The largest absolute Gasteiger partial charge is 0.352 e. The Bertz CT molecular complexity index is 1290. The molecule has 3 aromatic rings. The lowest BCUT2D eigenvalue weighted by Crippen LogP contribution is -2.31. The summed E-state index contributed by atoms with van der Waals surface area (Å²) in [5.74, 6) is -0.790. The summed E-state index contributed by atoms with van der Waals surface area (Å²) in [5, 5.41) is 6.41. The number of pyridine rings is 1. The summed E-state index contributed by atoms with van der Waals surface area (Å²) in [6.45, 7) is 2.43. The molecule has 2 amide bonds. The zero-order chi connectivity index (χ0) is 21.5. The fourth-order valence-electron chi connectivity index (χ4n) is 4.02. The van der Waals surface area contributed by atoms with Gasteiger partial charge in [-0.05, 0) is 42.2 Å². The van der Waals surface area contributed by atoms with Crippen LogP contribution in [0.5, 0.6) is 0 Å². The van der Waals surface area contributed by atoms with Gasteiger partial charge in [0.25, 0.3) is 11.8 Å². The Balaban J connectivity index is 1.47. The third kappa shape index (κ3) is 3.52. The molecule has 0 bridgehead atoms. The SMILES string of the molecule is CC1CC=C(NC(=O)c2cnc3[nH]cc(-c4ccc5c(c4)CCNC5=O)c3c2)C=C1F. The molecule has 3 heterocycles. The van der Waals surface area contributed by atoms with Crippen molar-refractivity contribution in [1.29, 1.82) is 0 Å². The number of hydrogen-bond acceptors (Lipinski definition) is 3. The number of aromatic nitrogens is 2. The molecule has 5 rings (SSSR count). The van der Waals surface area contributed by atoms with Crippen LogP contribution in [0.25, 0.3) is 22.2 Å². The number of H-pyrrole nitrogens is 1. The minimum Gasteiger partial charge on any atom is -0.352 e. The molecule has 31 heavy (non-hydrogen) atoms. The number of benzene rings is 1. The van der Waals surface area contributed by atoms with Crippen LogP contribution in [-0.4, -0.2) is 28.3 Å². The van der Waals surface area contributed by atoms with E-state index in [2.05, 4.69) is 20.6 Å². The molecule has 0 saturated carbocycles. The maximum Gasteiger partial charge on any atom is 0.257 e. The molecule has 156 valence electrons. The number of carbonyl (C=O) groups is 2. The van der Waals surface area contributed by atoms with E-state index in [0.29, 0.717) is 35.4 Å². The number of amides is 2. The maximum atomic E-state index is 13.9.